The maximum Gasteiger partial charge on any atom is 0.322 e. The maximum atomic E-state index is 12.0. The van der Waals surface area contributed by atoms with E-state index in [0.29, 0.717) is 5.56 Å². The largest absolute Gasteiger partial charge is 0.480 e. The van der Waals surface area contributed by atoms with Gasteiger partial charge >= 0.3 is 5.97 Å². The Morgan fingerprint density at radius 2 is 1.85 bits per heavy atom. The van der Waals surface area contributed by atoms with Crippen LogP contribution in [0.3, 0.4) is 0 Å². The number of carboxylic acid groups (broad SMARTS) is 1. The fourth-order valence-corrected chi connectivity index (χ4v) is 2.24. The first-order valence-corrected chi connectivity index (χ1v) is 6.72. The number of nitrogens with one attached hydrogen (secondary N) is 1. The van der Waals surface area contributed by atoms with E-state index in [0.717, 1.165) is 15.6 Å². The summed E-state index contributed by atoms with van der Waals surface area (Å²) in [5, 5.41) is 11.0. The molecule has 2 aromatic rings. The molecular weight excluding hydrogens is 322 g/mol. The highest BCUT2D eigenvalue weighted by atomic mass is 79.9. The summed E-state index contributed by atoms with van der Waals surface area (Å²) in [7, 11) is 0. The van der Waals surface area contributed by atoms with Crippen LogP contribution in [0.15, 0.2) is 53.0 Å². The van der Waals surface area contributed by atoms with Crippen molar-refractivity contribution >= 4 is 27.8 Å². The lowest BCUT2D eigenvalue weighted by Crippen LogP contribution is -2.29. The van der Waals surface area contributed by atoms with E-state index in [4.69, 9.17) is 5.11 Å². The molecule has 102 valence electrons. The van der Waals surface area contributed by atoms with Crippen molar-refractivity contribution in [1.82, 2.24) is 5.32 Å². The van der Waals surface area contributed by atoms with Gasteiger partial charge < -0.3 is 10.4 Å². The molecule has 0 spiro atoms. The number of hydrogen-bond donors (Lipinski definition) is 2. The average molecular weight is 334 g/mol. The minimum Gasteiger partial charge on any atom is -0.480 e. The monoisotopic (exact) mass is 333 g/mol. The molecular formula is C15H12BrNO3. The van der Waals surface area contributed by atoms with E-state index >= 15 is 0 Å². The number of carboxylic acids is 1. The molecule has 1 amide bonds. The summed E-state index contributed by atoms with van der Waals surface area (Å²) in [5.41, 5.74) is 2.10. The van der Waals surface area contributed by atoms with E-state index in [1.54, 1.807) is 12.1 Å². The number of amides is 1. The highest BCUT2D eigenvalue weighted by molar-refractivity contribution is 9.10. The van der Waals surface area contributed by atoms with Crippen LogP contribution in [0, 0.1) is 0 Å². The molecule has 0 saturated carbocycles. The number of benzene rings is 2. The molecule has 2 N–H and O–H groups in total. The van der Waals surface area contributed by atoms with Crippen LogP contribution in [-0.4, -0.2) is 23.5 Å². The van der Waals surface area contributed by atoms with Crippen LogP contribution in [0.1, 0.15) is 10.4 Å². The third kappa shape index (κ3) is 3.45. The van der Waals surface area contributed by atoms with E-state index in [2.05, 4.69) is 21.2 Å². The first kappa shape index (κ1) is 14.3. The zero-order chi connectivity index (χ0) is 14.5. The van der Waals surface area contributed by atoms with Crippen molar-refractivity contribution in [2.24, 2.45) is 0 Å². The van der Waals surface area contributed by atoms with Gasteiger partial charge in [0.2, 0.25) is 0 Å². The van der Waals surface area contributed by atoms with Gasteiger partial charge in [-0.05, 0) is 29.3 Å². The van der Waals surface area contributed by atoms with Gasteiger partial charge in [0.05, 0.1) is 0 Å². The van der Waals surface area contributed by atoms with Gasteiger partial charge in [0.25, 0.3) is 5.91 Å². The molecule has 0 saturated heterocycles. The van der Waals surface area contributed by atoms with E-state index in [1.165, 1.54) is 0 Å². The molecule has 5 heteroatoms. The van der Waals surface area contributed by atoms with Gasteiger partial charge in [-0.25, -0.2) is 0 Å². The maximum absolute atomic E-state index is 12.0. The number of aliphatic carboxylic acids is 1. The second-order valence-corrected chi connectivity index (χ2v) is 5.05. The smallest absolute Gasteiger partial charge is 0.322 e. The van der Waals surface area contributed by atoms with Crippen molar-refractivity contribution in [2.75, 3.05) is 6.54 Å². The lowest BCUT2D eigenvalue weighted by molar-refractivity contribution is -0.135. The Kier molecular flexibility index (Phi) is 4.53. The predicted molar refractivity (Wildman–Crippen MR) is 79.5 cm³/mol. The molecule has 20 heavy (non-hydrogen) atoms. The molecule has 0 aliphatic rings. The zero-order valence-electron chi connectivity index (χ0n) is 10.5. The Bertz CT molecular complexity index is 655. The van der Waals surface area contributed by atoms with E-state index < -0.39 is 18.4 Å². The van der Waals surface area contributed by atoms with Gasteiger partial charge in [-0.3, -0.25) is 9.59 Å². The van der Waals surface area contributed by atoms with Crippen molar-refractivity contribution in [1.29, 1.82) is 0 Å². The molecule has 2 rings (SSSR count). The van der Waals surface area contributed by atoms with Gasteiger partial charge in [-0.2, -0.15) is 0 Å². The summed E-state index contributed by atoms with van der Waals surface area (Å²) in [6, 6.07) is 14.7. The molecule has 0 bridgehead atoms. The van der Waals surface area contributed by atoms with Crippen LogP contribution in [0.5, 0.6) is 0 Å². The Morgan fingerprint density at radius 1 is 1.10 bits per heavy atom. The molecule has 4 nitrogen and oxygen atoms in total. The number of rotatable bonds is 4. The van der Waals surface area contributed by atoms with Crippen molar-refractivity contribution in [3.8, 4) is 11.1 Å². The zero-order valence-corrected chi connectivity index (χ0v) is 12.1. The summed E-state index contributed by atoms with van der Waals surface area (Å²) < 4.78 is 0.913. The Labute approximate surface area is 124 Å². The first-order chi connectivity index (χ1) is 9.58. The van der Waals surface area contributed by atoms with Crippen LogP contribution in [-0.2, 0) is 4.79 Å². The summed E-state index contributed by atoms with van der Waals surface area (Å²) in [4.78, 5) is 22.6. The minimum absolute atomic E-state index is 0.397. The highest BCUT2D eigenvalue weighted by Crippen LogP contribution is 2.26. The lowest BCUT2D eigenvalue weighted by Gasteiger charge is -2.09. The molecule has 0 unspecified atom stereocenters. The molecule has 0 heterocycles. The highest BCUT2D eigenvalue weighted by Gasteiger charge is 2.13. The molecule has 0 aliphatic carbocycles. The van der Waals surface area contributed by atoms with Crippen LogP contribution in [0.2, 0.25) is 0 Å². The van der Waals surface area contributed by atoms with Crippen molar-refractivity contribution < 1.29 is 14.7 Å². The van der Waals surface area contributed by atoms with Gasteiger partial charge in [-0.15, -0.1) is 0 Å². The van der Waals surface area contributed by atoms with Crippen molar-refractivity contribution in [3.63, 3.8) is 0 Å². The van der Waals surface area contributed by atoms with Gasteiger partial charge in [-0.1, -0.05) is 46.3 Å². The number of carbonyl (C=O) groups excluding carboxylic acids is 1. The summed E-state index contributed by atoms with van der Waals surface area (Å²) in [6.07, 6.45) is 0. The standard InChI is InChI=1S/C15H12BrNO3/c16-11-5-3-4-10(8-11)12-6-1-2-7-13(12)15(20)17-9-14(18)19/h1-8H,9H2,(H,17,20)(H,18,19). The Morgan fingerprint density at radius 3 is 2.55 bits per heavy atom. The van der Waals surface area contributed by atoms with Crippen LogP contribution in [0.25, 0.3) is 11.1 Å². The SMILES string of the molecule is O=C(O)CNC(=O)c1ccccc1-c1cccc(Br)c1. The van der Waals surface area contributed by atoms with E-state index in [-0.39, 0.29) is 0 Å². The van der Waals surface area contributed by atoms with Gasteiger partial charge in [0, 0.05) is 10.0 Å². The lowest BCUT2D eigenvalue weighted by atomic mass is 9.99. The molecule has 0 radical (unpaired) electrons. The van der Waals surface area contributed by atoms with Crippen LogP contribution < -0.4 is 5.32 Å². The van der Waals surface area contributed by atoms with Crippen LogP contribution >= 0.6 is 15.9 Å². The van der Waals surface area contributed by atoms with Crippen molar-refractivity contribution in [2.45, 2.75) is 0 Å². The minimum atomic E-state index is -1.07. The molecule has 0 atom stereocenters. The van der Waals surface area contributed by atoms with Crippen LogP contribution in [0.4, 0.5) is 0 Å². The predicted octanol–water partition coefficient (Wildman–Crippen LogP) is 2.93. The summed E-state index contributed by atoms with van der Waals surface area (Å²) >= 11 is 3.39. The third-order valence-corrected chi connectivity index (χ3v) is 3.20. The average Bonchev–Trinajstić information content (AvgIpc) is 2.44. The quantitative estimate of drug-likeness (QED) is 0.903. The van der Waals surface area contributed by atoms with Gasteiger partial charge in [0.1, 0.15) is 6.54 Å². The number of carbonyl (C=O) groups is 2. The first-order valence-electron chi connectivity index (χ1n) is 5.93. The summed E-state index contributed by atoms with van der Waals surface area (Å²) in [6.45, 7) is -0.397. The fourth-order valence-electron chi connectivity index (χ4n) is 1.84. The second-order valence-electron chi connectivity index (χ2n) is 4.13. The van der Waals surface area contributed by atoms with Gasteiger partial charge in [0.15, 0.2) is 0 Å². The number of hydrogen-bond acceptors (Lipinski definition) is 2. The third-order valence-electron chi connectivity index (χ3n) is 2.71. The second kappa shape index (κ2) is 6.34. The Hall–Kier alpha value is -2.14. The van der Waals surface area contributed by atoms with E-state index in [1.807, 2.05) is 36.4 Å². The Balaban J connectivity index is 2.35. The summed E-state index contributed by atoms with van der Waals surface area (Å²) in [5.74, 6) is -1.47. The van der Waals surface area contributed by atoms with Crippen molar-refractivity contribution in [3.05, 3.63) is 58.6 Å². The number of halogens is 1. The van der Waals surface area contributed by atoms with E-state index in [9.17, 15) is 9.59 Å². The topological polar surface area (TPSA) is 66.4 Å². The molecule has 0 fully saturated rings. The fraction of sp³-hybridized carbons (Fsp3) is 0.0667. The normalized spacial score (nSPS) is 10.1. The molecule has 0 aromatic heterocycles. The molecule has 2 aromatic carbocycles. The molecule has 0 aliphatic heterocycles.